The molecule has 0 radical (unpaired) electrons. The van der Waals surface area contributed by atoms with Gasteiger partial charge in [-0.15, -0.1) is 0 Å². The molecule has 0 aromatic carbocycles. The van der Waals surface area contributed by atoms with Gasteiger partial charge >= 0.3 is 0 Å². The number of carbonyl (C=O) groups excluding carboxylic acids is 1. The van der Waals surface area contributed by atoms with Crippen LogP contribution in [0, 0.1) is 5.41 Å². The van der Waals surface area contributed by atoms with Crippen molar-refractivity contribution < 1.29 is 4.79 Å². The Morgan fingerprint density at radius 3 is 3.04 bits per heavy atom. The minimum Gasteiger partial charge on any atom is -0.335 e. The van der Waals surface area contributed by atoms with E-state index in [2.05, 4.69) is 37.1 Å². The fourth-order valence-corrected chi connectivity index (χ4v) is 4.54. The minimum atomic E-state index is 0.233. The van der Waals surface area contributed by atoms with Crippen molar-refractivity contribution in [2.45, 2.75) is 44.8 Å². The highest BCUT2D eigenvalue weighted by Gasteiger charge is 2.57. The summed E-state index contributed by atoms with van der Waals surface area (Å²) in [7, 11) is 0. The van der Waals surface area contributed by atoms with Crippen molar-refractivity contribution in [3.05, 3.63) is 35.0 Å². The molecule has 4 rings (SSSR count). The van der Waals surface area contributed by atoms with Crippen LogP contribution in [-0.2, 0) is 17.9 Å². The second-order valence-corrected chi connectivity index (χ2v) is 7.67. The summed E-state index contributed by atoms with van der Waals surface area (Å²) < 4.78 is 1.73. The van der Waals surface area contributed by atoms with Gasteiger partial charge in [0.2, 0.25) is 5.91 Å². The second kappa shape index (κ2) is 6.64. The molecule has 7 heteroatoms. The first-order valence-electron chi connectivity index (χ1n) is 8.61. The van der Waals surface area contributed by atoms with E-state index in [1.54, 1.807) is 22.3 Å². The van der Waals surface area contributed by atoms with E-state index in [-0.39, 0.29) is 5.91 Å². The van der Waals surface area contributed by atoms with Crippen LogP contribution < -0.4 is 5.32 Å². The molecule has 0 unspecified atom stereocenters. The number of hydrogen-bond acceptors (Lipinski definition) is 5. The van der Waals surface area contributed by atoms with E-state index in [0.717, 1.165) is 26.1 Å². The number of nitrogens with zero attached hydrogens (tertiary/aromatic N) is 4. The molecule has 1 N–H and O–H groups in total. The van der Waals surface area contributed by atoms with Gasteiger partial charge in [-0.1, -0.05) is 0 Å². The van der Waals surface area contributed by atoms with E-state index in [9.17, 15) is 4.79 Å². The van der Waals surface area contributed by atoms with Crippen LogP contribution in [0.15, 0.2) is 29.5 Å². The van der Waals surface area contributed by atoms with Crippen molar-refractivity contribution >= 4 is 17.2 Å². The van der Waals surface area contributed by atoms with E-state index in [0.29, 0.717) is 24.4 Å². The molecule has 3 heterocycles. The van der Waals surface area contributed by atoms with Crippen molar-refractivity contribution in [2.24, 2.45) is 5.41 Å². The van der Waals surface area contributed by atoms with E-state index in [1.165, 1.54) is 24.7 Å². The number of amides is 1. The third-order valence-electron chi connectivity index (χ3n) is 5.40. The summed E-state index contributed by atoms with van der Waals surface area (Å²) in [6.07, 6.45) is 7.20. The number of rotatable bonds is 6. The summed E-state index contributed by atoms with van der Waals surface area (Å²) in [6.45, 7) is 3.49. The zero-order valence-electron chi connectivity index (χ0n) is 13.7. The van der Waals surface area contributed by atoms with Crippen molar-refractivity contribution in [1.82, 2.24) is 25.0 Å². The lowest BCUT2D eigenvalue weighted by Gasteiger charge is -2.29. The average Bonchev–Trinajstić information content (AvgIpc) is 3.06. The Kier molecular flexibility index (Phi) is 4.37. The lowest BCUT2D eigenvalue weighted by Crippen LogP contribution is -2.39. The van der Waals surface area contributed by atoms with Crippen LogP contribution in [0.1, 0.15) is 31.2 Å². The molecule has 0 bridgehead atoms. The molecule has 2 fully saturated rings. The zero-order valence-corrected chi connectivity index (χ0v) is 14.5. The Hall–Kier alpha value is -1.73. The molecule has 1 spiro atoms. The normalized spacial score (nSPS) is 21.8. The summed E-state index contributed by atoms with van der Waals surface area (Å²) in [5.74, 6) is 0.233. The molecule has 1 saturated carbocycles. The molecule has 2 aromatic heterocycles. The van der Waals surface area contributed by atoms with Crippen LogP contribution in [0.5, 0.6) is 0 Å². The first-order valence-corrected chi connectivity index (χ1v) is 9.55. The second-order valence-electron chi connectivity index (χ2n) is 6.89. The van der Waals surface area contributed by atoms with Gasteiger partial charge in [-0.25, -0.2) is 4.98 Å². The first kappa shape index (κ1) is 15.8. The van der Waals surface area contributed by atoms with Crippen LogP contribution in [0.2, 0.25) is 0 Å². The Bertz CT molecular complexity index is 663. The topological polar surface area (TPSA) is 63.1 Å². The van der Waals surface area contributed by atoms with Crippen LogP contribution in [0.25, 0.3) is 0 Å². The standard InChI is InChI=1S/C17H23N5OS/c23-16(1-7-21-13-19-12-20-21)22(10-14-2-8-24-11-14)15-9-17(15)3-5-18-6-4-17/h2,8,11-13,15,18H,1,3-7,9-10H2/t15-/m0/s1. The van der Waals surface area contributed by atoms with Gasteiger partial charge in [0.15, 0.2) is 0 Å². The predicted octanol–water partition coefficient (Wildman–Crippen LogP) is 1.90. The van der Waals surface area contributed by atoms with Gasteiger partial charge < -0.3 is 10.2 Å². The van der Waals surface area contributed by atoms with Crippen LogP contribution >= 0.6 is 11.3 Å². The SMILES string of the molecule is O=C(CCn1cncn1)N(Cc1ccsc1)[C@H]1CC12CCNCC2. The van der Waals surface area contributed by atoms with Crippen molar-refractivity contribution in [2.75, 3.05) is 13.1 Å². The maximum absolute atomic E-state index is 12.9. The molecule has 24 heavy (non-hydrogen) atoms. The Balaban J connectivity index is 1.44. The fourth-order valence-electron chi connectivity index (χ4n) is 3.88. The first-order chi connectivity index (χ1) is 11.8. The smallest absolute Gasteiger partial charge is 0.225 e. The van der Waals surface area contributed by atoms with E-state index < -0.39 is 0 Å². The molecule has 2 aromatic rings. The molecule has 1 aliphatic carbocycles. The van der Waals surface area contributed by atoms with Crippen LogP contribution in [-0.4, -0.2) is 44.7 Å². The van der Waals surface area contributed by atoms with E-state index >= 15 is 0 Å². The van der Waals surface area contributed by atoms with Gasteiger partial charge in [-0.2, -0.15) is 16.4 Å². The minimum absolute atomic E-state index is 0.233. The number of carbonyl (C=O) groups is 1. The molecule has 1 atom stereocenters. The number of hydrogen-bond donors (Lipinski definition) is 1. The van der Waals surface area contributed by atoms with Crippen molar-refractivity contribution in [3.63, 3.8) is 0 Å². The van der Waals surface area contributed by atoms with Gasteiger partial charge in [0.25, 0.3) is 0 Å². The highest BCUT2D eigenvalue weighted by atomic mass is 32.1. The molecule has 128 valence electrons. The lowest BCUT2D eigenvalue weighted by atomic mass is 9.93. The monoisotopic (exact) mass is 345 g/mol. The summed E-state index contributed by atoms with van der Waals surface area (Å²) >= 11 is 1.69. The molecule has 6 nitrogen and oxygen atoms in total. The van der Waals surface area contributed by atoms with Gasteiger partial charge in [-0.3, -0.25) is 9.48 Å². The number of aryl methyl sites for hydroxylation is 1. The van der Waals surface area contributed by atoms with Crippen LogP contribution in [0.3, 0.4) is 0 Å². The van der Waals surface area contributed by atoms with Crippen molar-refractivity contribution in [1.29, 1.82) is 0 Å². The predicted molar refractivity (Wildman–Crippen MR) is 92.4 cm³/mol. The maximum Gasteiger partial charge on any atom is 0.225 e. The summed E-state index contributed by atoms with van der Waals surface area (Å²) in [4.78, 5) is 19.0. The molecule has 2 aliphatic rings. The number of aromatic nitrogens is 3. The molecule has 1 saturated heterocycles. The molecule has 1 amide bonds. The largest absolute Gasteiger partial charge is 0.335 e. The number of thiophene rings is 1. The third-order valence-corrected chi connectivity index (χ3v) is 6.13. The highest BCUT2D eigenvalue weighted by Crippen LogP contribution is 2.56. The van der Waals surface area contributed by atoms with Gasteiger partial charge in [0, 0.05) is 19.0 Å². The molecule has 1 aliphatic heterocycles. The Morgan fingerprint density at radius 2 is 2.33 bits per heavy atom. The number of nitrogens with one attached hydrogen (secondary N) is 1. The number of piperidine rings is 1. The fraction of sp³-hybridized carbons (Fsp3) is 0.588. The van der Waals surface area contributed by atoms with E-state index in [1.807, 2.05) is 0 Å². The van der Waals surface area contributed by atoms with Gasteiger partial charge in [-0.05, 0) is 60.2 Å². The Morgan fingerprint density at radius 1 is 1.46 bits per heavy atom. The zero-order chi connectivity index (χ0) is 16.4. The maximum atomic E-state index is 12.9. The van der Waals surface area contributed by atoms with Gasteiger partial charge in [0.05, 0.1) is 6.54 Å². The van der Waals surface area contributed by atoms with Gasteiger partial charge in [0.1, 0.15) is 12.7 Å². The average molecular weight is 345 g/mol. The highest BCUT2D eigenvalue weighted by molar-refractivity contribution is 7.07. The summed E-state index contributed by atoms with van der Waals surface area (Å²) in [5.41, 5.74) is 1.61. The lowest BCUT2D eigenvalue weighted by molar-refractivity contribution is -0.133. The molecular weight excluding hydrogens is 322 g/mol. The van der Waals surface area contributed by atoms with Crippen LogP contribution in [0.4, 0.5) is 0 Å². The molecular formula is C17H23N5OS. The summed E-state index contributed by atoms with van der Waals surface area (Å²) in [5, 5.41) is 11.8. The van der Waals surface area contributed by atoms with Crippen molar-refractivity contribution in [3.8, 4) is 0 Å². The quantitative estimate of drug-likeness (QED) is 0.869. The van der Waals surface area contributed by atoms with E-state index in [4.69, 9.17) is 0 Å². The Labute approximate surface area is 145 Å². The summed E-state index contributed by atoms with van der Waals surface area (Å²) in [6, 6.07) is 2.53. The third kappa shape index (κ3) is 3.23.